The zero-order valence-electron chi connectivity index (χ0n) is 17.0. The molecule has 0 radical (unpaired) electrons. The van der Waals surface area contributed by atoms with Crippen molar-refractivity contribution >= 4 is 16.2 Å². The molecular formula is C21H32O6S. The van der Waals surface area contributed by atoms with Crippen LogP contribution in [0, 0.1) is 34.5 Å². The fourth-order valence-electron chi connectivity index (χ4n) is 7.60. The minimum atomic E-state index is -4.69. The van der Waals surface area contributed by atoms with Gasteiger partial charge in [-0.1, -0.05) is 19.9 Å². The number of carbonyl (C=O) groups is 1. The number of rotatable bonds is 3. The molecule has 0 saturated heterocycles. The van der Waals surface area contributed by atoms with Crippen molar-refractivity contribution in [3.63, 3.8) is 0 Å². The predicted molar refractivity (Wildman–Crippen MR) is 103 cm³/mol. The van der Waals surface area contributed by atoms with Gasteiger partial charge in [-0.05, 0) is 85.5 Å². The molecule has 0 heterocycles. The zero-order chi connectivity index (χ0) is 20.5. The fourth-order valence-corrected chi connectivity index (χ4v) is 8.14. The van der Waals surface area contributed by atoms with E-state index < -0.39 is 16.2 Å². The molecule has 0 aromatic heterocycles. The van der Waals surface area contributed by atoms with Gasteiger partial charge in [-0.15, -0.1) is 0 Å². The third-order valence-corrected chi connectivity index (χ3v) is 9.43. The number of carbonyl (C=O) groups excluding carboxylic acids is 1. The van der Waals surface area contributed by atoms with Crippen molar-refractivity contribution in [1.29, 1.82) is 0 Å². The number of fused-ring (bicyclic) bond motifs is 5. The van der Waals surface area contributed by atoms with E-state index in [1.54, 1.807) is 6.92 Å². The number of aliphatic hydroxyl groups is 1. The summed E-state index contributed by atoms with van der Waals surface area (Å²) in [7, 11) is -4.69. The van der Waals surface area contributed by atoms with E-state index in [-0.39, 0.29) is 35.4 Å². The van der Waals surface area contributed by atoms with Crippen LogP contribution in [0.5, 0.6) is 0 Å². The van der Waals surface area contributed by atoms with Crippen molar-refractivity contribution in [2.75, 3.05) is 0 Å². The van der Waals surface area contributed by atoms with E-state index in [0.29, 0.717) is 24.2 Å². The van der Waals surface area contributed by atoms with E-state index in [1.807, 2.05) is 0 Å². The summed E-state index contributed by atoms with van der Waals surface area (Å²) in [4.78, 5) is 12.2. The third kappa shape index (κ3) is 3.09. The first kappa shape index (κ1) is 20.5. The summed E-state index contributed by atoms with van der Waals surface area (Å²) in [5, 5.41) is 10.6. The molecule has 158 valence electrons. The molecule has 7 heteroatoms. The first-order valence-corrected chi connectivity index (χ1v) is 11.9. The molecule has 3 fully saturated rings. The van der Waals surface area contributed by atoms with Crippen LogP contribution < -0.4 is 0 Å². The van der Waals surface area contributed by atoms with Gasteiger partial charge >= 0.3 is 10.4 Å². The molecule has 0 amide bonds. The summed E-state index contributed by atoms with van der Waals surface area (Å²) in [6.07, 6.45) is 8.30. The number of allylic oxidation sites excluding steroid dienone is 2. The second-order valence-corrected chi connectivity index (χ2v) is 11.2. The van der Waals surface area contributed by atoms with Gasteiger partial charge in [-0.25, -0.2) is 4.18 Å². The Hall–Kier alpha value is -0.760. The Labute approximate surface area is 167 Å². The van der Waals surface area contributed by atoms with Crippen LogP contribution in [-0.4, -0.2) is 29.6 Å². The highest BCUT2D eigenvalue weighted by Gasteiger charge is 2.60. The monoisotopic (exact) mass is 412 g/mol. The van der Waals surface area contributed by atoms with Crippen LogP contribution in [0.25, 0.3) is 0 Å². The molecule has 3 saturated carbocycles. The van der Waals surface area contributed by atoms with Gasteiger partial charge < -0.3 is 5.11 Å². The van der Waals surface area contributed by atoms with E-state index in [0.717, 1.165) is 37.7 Å². The minimum Gasteiger partial charge on any atom is -0.364 e. The molecule has 2 N–H and O–H groups in total. The molecule has 4 aliphatic rings. The van der Waals surface area contributed by atoms with Crippen molar-refractivity contribution in [3.05, 3.63) is 11.6 Å². The van der Waals surface area contributed by atoms with Crippen molar-refractivity contribution in [2.24, 2.45) is 34.5 Å². The van der Waals surface area contributed by atoms with E-state index >= 15 is 0 Å². The van der Waals surface area contributed by atoms with Crippen LogP contribution in [0.2, 0.25) is 0 Å². The molecule has 4 aliphatic carbocycles. The van der Waals surface area contributed by atoms with Crippen molar-refractivity contribution < 1.29 is 27.1 Å². The average molecular weight is 413 g/mol. The maximum Gasteiger partial charge on any atom is 0.400 e. The number of ketones is 1. The summed E-state index contributed by atoms with van der Waals surface area (Å²) in [5.74, 6) is 0.136. The Bertz CT molecular complexity index is 819. The van der Waals surface area contributed by atoms with Crippen molar-refractivity contribution in [1.82, 2.24) is 0 Å². The number of Topliss-reactive ketones (excluding diaryl/α,β-unsaturated/α-hetero) is 1. The maximum absolute atomic E-state index is 12.2. The van der Waals surface area contributed by atoms with Crippen LogP contribution in [0.3, 0.4) is 0 Å². The first-order valence-electron chi connectivity index (χ1n) is 10.5. The van der Waals surface area contributed by atoms with Crippen LogP contribution in [0.15, 0.2) is 11.6 Å². The standard InChI is InChI=1S/C21H32O6S/c1-13(22)16-6-7-17-15-5-4-14-12-21(23,27-28(24,25)26)11-10-19(14,2)18(15)8-9-20(16,17)3/h6,14-15,17-18,23H,4-5,7-12H2,1-3H3,(H,24,25,26)/t14-,15-,17-,18-,19-,20+,21-/m0/s1. The number of hydrogen-bond donors (Lipinski definition) is 2. The Morgan fingerprint density at radius 2 is 1.86 bits per heavy atom. The highest BCUT2D eigenvalue weighted by Crippen LogP contribution is 2.67. The van der Waals surface area contributed by atoms with E-state index in [4.69, 9.17) is 4.55 Å². The molecule has 0 spiro atoms. The van der Waals surface area contributed by atoms with Gasteiger partial charge in [-0.3, -0.25) is 9.35 Å². The number of hydrogen-bond acceptors (Lipinski definition) is 5. The van der Waals surface area contributed by atoms with E-state index in [1.165, 1.54) is 0 Å². The lowest BCUT2D eigenvalue weighted by molar-refractivity contribution is -0.217. The molecule has 28 heavy (non-hydrogen) atoms. The zero-order valence-corrected chi connectivity index (χ0v) is 17.8. The second kappa shape index (κ2) is 6.37. The molecule has 0 aromatic carbocycles. The molecule has 0 aliphatic heterocycles. The minimum absolute atomic E-state index is 0.0142. The van der Waals surface area contributed by atoms with Crippen LogP contribution >= 0.6 is 0 Å². The van der Waals surface area contributed by atoms with Crippen LogP contribution in [-0.2, 0) is 19.4 Å². The summed E-state index contributed by atoms with van der Waals surface area (Å²) in [5.41, 5.74) is 1.03. The molecule has 0 bridgehead atoms. The van der Waals surface area contributed by atoms with Crippen molar-refractivity contribution in [2.45, 2.75) is 77.9 Å². The molecule has 7 atom stereocenters. The lowest BCUT2D eigenvalue weighted by Crippen LogP contribution is -2.56. The largest absolute Gasteiger partial charge is 0.400 e. The van der Waals surface area contributed by atoms with Gasteiger partial charge in [0.2, 0.25) is 0 Å². The lowest BCUT2D eigenvalue weighted by atomic mass is 9.44. The molecule has 0 aromatic rings. The summed E-state index contributed by atoms with van der Waals surface area (Å²) >= 11 is 0. The maximum atomic E-state index is 12.2. The molecule has 4 rings (SSSR count). The van der Waals surface area contributed by atoms with Gasteiger partial charge in [0.05, 0.1) is 0 Å². The van der Waals surface area contributed by atoms with Gasteiger partial charge in [-0.2, -0.15) is 8.42 Å². The molecule has 6 nitrogen and oxygen atoms in total. The quantitative estimate of drug-likeness (QED) is 0.542. The van der Waals surface area contributed by atoms with Gasteiger partial charge in [0.1, 0.15) is 0 Å². The Morgan fingerprint density at radius 3 is 2.50 bits per heavy atom. The van der Waals surface area contributed by atoms with E-state index in [9.17, 15) is 18.3 Å². The molecule has 0 unspecified atom stereocenters. The Balaban J connectivity index is 1.56. The fraction of sp³-hybridized carbons (Fsp3) is 0.857. The SMILES string of the molecule is CC(=O)C1=CC[C@H]2[C@@H]3CC[C@H]4C[C@@](O)(OS(=O)(=O)O)CC[C@]4(C)[C@H]3CC[C@]12C. The van der Waals surface area contributed by atoms with Crippen LogP contribution in [0.1, 0.15) is 72.1 Å². The smallest absolute Gasteiger partial charge is 0.364 e. The van der Waals surface area contributed by atoms with Gasteiger partial charge in [0.15, 0.2) is 11.6 Å². The highest BCUT2D eigenvalue weighted by molar-refractivity contribution is 7.80. The average Bonchev–Trinajstić information content (AvgIpc) is 2.91. The Kier molecular flexibility index (Phi) is 4.66. The van der Waals surface area contributed by atoms with Gasteiger partial charge in [0.25, 0.3) is 0 Å². The molecular weight excluding hydrogens is 380 g/mol. The summed E-state index contributed by atoms with van der Waals surface area (Å²) in [6.45, 7) is 6.24. The predicted octanol–water partition coefficient (Wildman–Crippen LogP) is 3.66. The Morgan fingerprint density at radius 1 is 1.14 bits per heavy atom. The second-order valence-electron chi connectivity index (χ2n) is 10.2. The topological polar surface area (TPSA) is 101 Å². The third-order valence-electron chi connectivity index (χ3n) is 8.91. The van der Waals surface area contributed by atoms with Crippen molar-refractivity contribution in [3.8, 4) is 0 Å². The highest BCUT2D eigenvalue weighted by atomic mass is 32.3. The summed E-state index contributed by atoms with van der Waals surface area (Å²) in [6, 6.07) is 0. The first-order chi connectivity index (χ1) is 12.9. The lowest BCUT2D eigenvalue weighted by Gasteiger charge is -2.61. The van der Waals surface area contributed by atoms with E-state index in [2.05, 4.69) is 24.1 Å². The summed E-state index contributed by atoms with van der Waals surface area (Å²) < 4.78 is 36.0. The van der Waals surface area contributed by atoms with Crippen LogP contribution in [0.4, 0.5) is 0 Å². The van der Waals surface area contributed by atoms with Gasteiger partial charge in [0, 0.05) is 12.8 Å². The normalized spacial score (nSPS) is 48.2.